The van der Waals surface area contributed by atoms with Gasteiger partial charge in [-0.2, -0.15) is 0 Å². The fourth-order valence-corrected chi connectivity index (χ4v) is 8.20. The van der Waals surface area contributed by atoms with Gasteiger partial charge in [-0.1, -0.05) is 211 Å². The highest BCUT2D eigenvalue weighted by atomic mass is 16.6. The predicted octanol–water partition coefficient (Wildman–Crippen LogP) is 17.7. The maximum atomic E-state index is 12.8. The molecular weight excluding hydrogens is 821 g/mol. The number of rotatable bonds is 52. The van der Waals surface area contributed by atoms with Crippen molar-refractivity contribution in [2.75, 3.05) is 26.4 Å². The van der Waals surface area contributed by atoms with E-state index in [1.54, 1.807) is 0 Å². The molecule has 0 heterocycles. The normalized spacial score (nSPS) is 12.0. The largest absolute Gasteiger partial charge is 0.465 e. The van der Waals surface area contributed by atoms with Gasteiger partial charge < -0.3 is 19.3 Å². The second kappa shape index (κ2) is 52.0. The monoisotopic (exact) mass is 929 g/mol. The van der Waals surface area contributed by atoms with Gasteiger partial charge in [0.05, 0.1) is 12.0 Å². The van der Waals surface area contributed by atoms with Gasteiger partial charge in [0.1, 0.15) is 19.8 Å². The van der Waals surface area contributed by atoms with Gasteiger partial charge in [0, 0.05) is 19.3 Å². The average molecular weight is 930 g/mol. The van der Waals surface area contributed by atoms with Crippen molar-refractivity contribution in [2.45, 2.75) is 290 Å². The summed E-state index contributed by atoms with van der Waals surface area (Å²) in [6.45, 7) is 5.78. The summed E-state index contributed by atoms with van der Waals surface area (Å²) in [5.74, 6) is -1.08. The summed E-state index contributed by atoms with van der Waals surface area (Å²) in [5, 5.41) is 10.6. The molecule has 0 aromatic carbocycles. The highest BCUT2D eigenvalue weighted by Crippen LogP contribution is 2.22. The van der Waals surface area contributed by atoms with E-state index in [2.05, 4.69) is 57.2 Å². The van der Waals surface area contributed by atoms with Crippen LogP contribution in [0.25, 0.3) is 0 Å². The summed E-state index contributed by atoms with van der Waals surface area (Å²) in [6, 6.07) is 0. The molecule has 0 saturated carbocycles. The highest BCUT2D eigenvalue weighted by molar-refractivity contribution is 5.70. The van der Waals surface area contributed by atoms with Crippen LogP contribution in [-0.2, 0) is 28.6 Å². The van der Waals surface area contributed by atoms with Crippen LogP contribution in [0.15, 0.2) is 36.5 Å². The fourth-order valence-electron chi connectivity index (χ4n) is 8.20. The number of carbonyl (C=O) groups is 3. The Morgan fingerprint density at radius 1 is 0.318 bits per heavy atom. The lowest BCUT2D eigenvalue weighted by molar-refractivity contribution is -0.165. The maximum absolute atomic E-state index is 12.8. The molecule has 0 atom stereocenters. The summed E-state index contributed by atoms with van der Waals surface area (Å²) in [4.78, 5) is 38.4. The molecule has 1 N–H and O–H groups in total. The minimum absolute atomic E-state index is 0.185. The second-order valence-electron chi connectivity index (χ2n) is 19.6. The van der Waals surface area contributed by atoms with Crippen LogP contribution in [0.5, 0.6) is 0 Å². The smallest absolute Gasteiger partial charge is 0.305 e. The Balaban J connectivity index is 4.66. The molecule has 0 saturated heterocycles. The minimum Gasteiger partial charge on any atom is -0.465 e. The lowest BCUT2D eigenvalue weighted by Crippen LogP contribution is -2.42. The Bertz CT molecular complexity index is 1010. The van der Waals surface area contributed by atoms with Crippen molar-refractivity contribution in [3.63, 3.8) is 0 Å². The van der Waals surface area contributed by atoms with Crippen molar-refractivity contribution < 1.29 is 33.7 Å². The summed E-state index contributed by atoms with van der Waals surface area (Å²) in [7, 11) is 0. The van der Waals surface area contributed by atoms with Gasteiger partial charge in [0.2, 0.25) is 0 Å². The van der Waals surface area contributed by atoms with E-state index >= 15 is 0 Å². The van der Waals surface area contributed by atoms with Crippen LogP contribution in [0.4, 0.5) is 0 Å². The van der Waals surface area contributed by atoms with Crippen molar-refractivity contribution in [3.8, 4) is 0 Å². The first-order valence-corrected chi connectivity index (χ1v) is 28.5. The topological polar surface area (TPSA) is 99.1 Å². The van der Waals surface area contributed by atoms with Crippen LogP contribution in [0.2, 0.25) is 0 Å². The zero-order chi connectivity index (χ0) is 48.1. The number of hydrogen-bond donors (Lipinski definition) is 1. The van der Waals surface area contributed by atoms with Gasteiger partial charge in [-0.05, 0) is 96.3 Å². The molecule has 0 rings (SSSR count). The number of hydrogen-bond acceptors (Lipinski definition) is 7. The van der Waals surface area contributed by atoms with Crippen LogP contribution in [0, 0.1) is 5.41 Å². The molecular formula is C59H108O7. The summed E-state index contributed by atoms with van der Waals surface area (Å²) in [6.07, 6.45) is 61.3. The van der Waals surface area contributed by atoms with E-state index in [4.69, 9.17) is 14.2 Å². The quantitative estimate of drug-likeness (QED) is 0.0281. The molecule has 0 unspecified atom stereocenters. The molecule has 0 fully saturated rings. The van der Waals surface area contributed by atoms with E-state index < -0.39 is 12.0 Å². The minimum atomic E-state index is -1.21. The van der Waals surface area contributed by atoms with E-state index in [1.165, 1.54) is 173 Å². The second-order valence-corrected chi connectivity index (χ2v) is 19.6. The zero-order valence-electron chi connectivity index (χ0n) is 43.9. The SMILES string of the molecule is CCCCCCCCCCC/C=C\CCCCC(=O)OCC(CO)(COC(=O)CCCC/C=C\CCCCCCCCCCC)COC(=O)CCCC/C=C\CCCCCCCCCCC. The van der Waals surface area contributed by atoms with Crippen LogP contribution in [0.3, 0.4) is 0 Å². The van der Waals surface area contributed by atoms with Crippen LogP contribution >= 0.6 is 0 Å². The number of aliphatic hydroxyl groups excluding tert-OH is 1. The Hall–Kier alpha value is -2.41. The van der Waals surface area contributed by atoms with Crippen molar-refractivity contribution in [3.05, 3.63) is 36.5 Å². The van der Waals surface area contributed by atoms with Crippen LogP contribution < -0.4 is 0 Å². The van der Waals surface area contributed by atoms with E-state index in [0.29, 0.717) is 19.3 Å². The Labute approximate surface area is 408 Å². The number of unbranched alkanes of at least 4 members (excludes halogenated alkanes) is 33. The third-order valence-corrected chi connectivity index (χ3v) is 12.9. The summed E-state index contributed by atoms with van der Waals surface area (Å²) < 4.78 is 16.9. The molecule has 0 aliphatic rings. The van der Waals surface area contributed by atoms with Crippen LogP contribution in [0.1, 0.15) is 290 Å². The van der Waals surface area contributed by atoms with Crippen molar-refractivity contribution in [1.29, 1.82) is 0 Å². The van der Waals surface area contributed by atoms with Gasteiger partial charge in [-0.3, -0.25) is 14.4 Å². The maximum Gasteiger partial charge on any atom is 0.305 e. The molecule has 0 spiro atoms. The van der Waals surface area contributed by atoms with Gasteiger partial charge in [0.15, 0.2) is 0 Å². The molecule has 0 radical (unpaired) electrons. The van der Waals surface area contributed by atoms with E-state index in [0.717, 1.165) is 57.8 Å². The van der Waals surface area contributed by atoms with Crippen LogP contribution in [-0.4, -0.2) is 49.4 Å². The molecule has 7 heteroatoms. The van der Waals surface area contributed by atoms with E-state index in [9.17, 15) is 19.5 Å². The van der Waals surface area contributed by atoms with Crippen molar-refractivity contribution in [1.82, 2.24) is 0 Å². The molecule has 0 aromatic heterocycles. The van der Waals surface area contributed by atoms with E-state index in [-0.39, 0.29) is 57.0 Å². The zero-order valence-corrected chi connectivity index (χ0v) is 43.9. The molecule has 66 heavy (non-hydrogen) atoms. The van der Waals surface area contributed by atoms with Gasteiger partial charge >= 0.3 is 17.9 Å². The molecule has 7 nitrogen and oxygen atoms in total. The standard InChI is InChI=1S/C59H108O7/c1-4-7-10-13-16-19-22-25-28-31-34-37-40-43-46-49-56(61)64-53-59(52-60,54-65-57(62)50-47-44-41-38-35-32-29-26-23-20-17-14-11-8-5-2)55-66-58(63)51-48-45-42-39-36-33-30-27-24-21-18-15-12-9-6-3/h34-39,60H,4-33,40-55H2,1-3H3/b37-34-,38-35-,39-36-. The first kappa shape index (κ1) is 63.6. The molecule has 0 bridgehead atoms. The van der Waals surface area contributed by atoms with Gasteiger partial charge in [-0.25, -0.2) is 0 Å². The molecule has 0 amide bonds. The summed E-state index contributed by atoms with van der Waals surface area (Å²) >= 11 is 0. The predicted molar refractivity (Wildman–Crippen MR) is 281 cm³/mol. The first-order valence-electron chi connectivity index (χ1n) is 28.5. The number of carbonyl (C=O) groups excluding carboxylic acids is 3. The third kappa shape index (κ3) is 46.7. The molecule has 386 valence electrons. The molecule has 0 aliphatic heterocycles. The molecule has 0 aromatic rings. The van der Waals surface area contributed by atoms with Gasteiger partial charge in [0.25, 0.3) is 0 Å². The Kier molecular flexibility index (Phi) is 50.1. The van der Waals surface area contributed by atoms with E-state index in [1.807, 2.05) is 0 Å². The van der Waals surface area contributed by atoms with Gasteiger partial charge in [-0.15, -0.1) is 0 Å². The number of ether oxygens (including phenoxy) is 3. The number of esters is 3. The average Bonchev–Trinajstić information content (AvgIpc) is 3.32. The first-order chi connectivity index (χ1) is 32.4. The highest BCUT2D eigenvalue weighted by Gasteiger charge is 2.35. The number of aliphatic hydroxyl groups is 1. The Morgan fingerprint density at radius 2 is 0.515 bits per heavy atom. The summed E-state index contributed by atoms with van der Waals surface area (Å²) in [5.41, 5.74) is -1.21. The van der Waals surface area contributed by atoms with Crippen molar-refractivity contribution >= 4 is 17.9 Å². The number of allylic oxidation sites excluding steroid dienone is 6. The van der Waals surface area contributed by atoms with Crippen molar-refractivity contribution in [2.24, 2.45) is 5.41 Å². The molecule has 0 aliphatic carbocycles. The lowest BCUT2D eigenvalue weighted by atomic mass is 9.92. The fraction of sp³-hybridized carbons (Fsp3) is 0.847. The third-order valence-electron chi connectivity index (χ3n) is 12.9. The lowest BCUT2D eigenvalue weighted by Gasteiger charge is -2.30. The Morgan fingerprint density at radius 3 is 0.727 bits per heavy atom.